The minimum absolute atomic E-state index is 0.00675. The van der Waals surface area contributed by atoms with Crippen molar-refractivity contribution >= 4 is 22.7 Å². The predicted octanol–water partition coefficient (Wildman–Crippen LogP) is 3.57. The summed E-state index contributed by atoms with van der Waals surface area (Å²) in [5.74, 6) is 0.657. The van der Waals surface area contributed by atoms with Gasteiger partial charge in [-0.1, -0.05) is 30.3 Å². The largest absolute Gasteiger partial charge is 0.506 e. The summed E-state index contributed by atoms with van der Waals surface area (Å²) in [6.07, 6.45) is 4.25. The second kappa shape index (κ2) is 9.15. The van der Waals surface area contributed by atoms with Gasteiger partial charge in [-0.3, -0.25) is 14.3 Å². The zero-order valence-corrected chi connectivity index (χ0v) is 19.1. The van der Waals surface area contributed by atoms with Gasteiger partial charge in [0.25, 0.3) is 5.56 Å². The molecule has 0 aliphatic carbocycles. The molecule has 5 rings (SSSR count). The predicted molar refractivity (Wildman–Crippen MR) is 135 cm³/mol. The van der Waals surface area contributed by atoms with Crippen molar-refractivity contribution in [3.63, 3.8) is 0 Å². The van der Waals surface area contributed by atoms with Gasteiger partial charge in [-0.05, 0) is 36.8 Å². The number of hydrogen-bond acceptors (Lipinski definition) is 9. The Morgan fingerprint density at radius 1 is 1.08 bits per heavy atom. The summed E-state index contributed by atoms with van der Waals surface area (Å²) in [5, 5.41) is 23.0. The second-order valence-electron chi connectivity index (χ2n) is 8.05. The van der Waals surface area contributed by atoms with Crippen LogP contribution in [0.3, 0.4) is 0 Å². The van der Waals surface area contributed by atoms with Crippen molar-refractivity contribution in [2.24, 2.45) is 0 Å². The third-order valence-electron chi connectivity index (χ3n) is 5.64. The maximum Gasteiger partial charge on any atom is 0.266 e. The van der Waals surface area contributed by atoms with Crippen molar-refractivity contribution in [3.05, 3.63) is 94.9 Å². The van der Waals surface area contributed by atoms with Crippen LogP contribution in [0.25, 0.3) is 27.7 Å². The molecule has 0 aliphatic rings. The van der Waals surface area contributed by atoms with E-state index in [1.807, 2.05) is 43.3 Å². The number of anilines is 2. The highest BCUT2D eigenvalue weighted by Gasteiger charge is 2.21. The molecule has 0 amide bonds. The molecule has 5 aromatic rings. The minimum atomic E-state index is -0.546. The van der Waals surface area contributed by atoms with Gasteiger partial charge in [0, 0.05) is 11.8 Å². The molecule has 10 nitrogen and oxygen atoms in total. The van der Waals surface area contributed by atoms with Gasteiger partial charge in [-0.2, -0.15) is 10.2 Å². The molecular formula is C26H20N8O2. The Kier molecular flexibility index (Phi) is 5.72. The molecule has 1 unspecified atom stereocenters. The van der Waals surface area contributed by atoms with E-state index < -0.39 is 6.04 Å². The van der Waals surface area contributed by atoms with Gasteiger partial charge in [0.1, 0.15) is 29.0 Å². The standard InChI is InChI=1S/C26H20N8O2/c1-15(31-23-17(11-27)13-30-26(28)33-23)24-32-21-9-5-8-20(16-10-19(35)14-29-12-16)22(21)25(36)34(24)18-6-3-2-4-7-18/h2-10,12-15,35H,1H3,(H3,28,30,31,33). The molecular weight excluding hydrogens is 456 g/mol. The van der Waals surface area contributed by atoms with Crippen molar-refractivity contribution in [3.8, 4) is 28.6 Å². The zero-order chi connectivity index (χ0) is 25.2. The van der Waals surface area contributed by atoms with E-state index in [0.29, 0.717) is 33.5 Å². The molecule has 0 saturated heterocycles. The summed E-state index contributed by atoms with van der Waals surface area (Å²) < 4.78 is 1.52. The third-order valence-corrected chi connectivity index (χ3v) is 5.64. The normalized spacial score (nSPS) is 11.7. The number of nitrogen functional groups attached to an aromatic ring is 1. The number of nitrogens with zero attached hydrogens (tertiary/aromatic N) is 6. The second-order valence-corrected chi connectivity index (χ2v) is 8.05. The molecule has 0 bridgehead atoms. The fourth-order valence-corrected chi connectivity index (χ4v) is 4.04. The molecule has 2 aromatic carbocycles. The first-order chi connectivity index (χ1) is 17.5. The van der Waals surface area contributed by atoms with E-state index in [-0.39, 0.29) is 28.6 Å². The molecule has 3 heterocycles. The first-order valence-electron chi connectivity index (χ1n) is 11.0. The zero-order valence-electron chi connectivity index (χ0n) is 19.1. The van der Waals surface area contributed by atoms with Crippen LogP contribution in [0, 0.1) is 11.3 Å². The van der Waals surface area contributed by atoms with Crippen LogP contribution in [0.5, 0.6) is 5.75 Å². The Hall–Kier alpha value is -5.30. The lowest BCUT2D eigenvalue weighted by molar-refractivity contribution is 0.473. The van der Waals surface area contributed by atoms with E-state index in [9.17, 15) is 15.2 Å². The van der Waals surface area contributed by atoms with Crippen LogP contribution in [0.2, 0.25) is 0 Å². The quantitative estimate of drug-likeness (QED) is 0.345. The lowest BCUT2D eigenvalue weighted by Crippen LogP contribution is -2.28. The van der Waals surface area contributed by atoms with E-state index in [0.717, 1.165) is 0 Å². The SMILES string of the molecule is CC(Nc1nc(N)ncc1C#N)c1nc2cccc(-c3cncc(O)c3)c2c(=O)n1-c1ccccc1. The molecule has 0 aliphatic heterocycles. The number of fused-ring (bicyclic) bond motifs is 1. The van der Waals surface area contributed by atoms with Gasteiger partial charge in [0.2, 0.25) is 5.95 Å². The lowest BCUT2D eigenvalue weighted by atomic mass is 10.0. The summed E-state index contributed by atoms with van der Waals surface area (Å²) in [6, 6.07) is 17.5. The van der Waals surface area contributed by atoms with E-state index >= 15 is 0 Å². The van der Waals surface area contributed by atoms with Gasteiger partial charge in [0.05, 0.1) is 35.0 Å². The molecule has 10 heteroatoms. The Morgan fingerprint density at radius 3 is 2.64 bits per heavy atom. The third kappa shape index (κ3) is 4.05. The number of hydrogen-bond donors (Lipinski definition) is 3. The molecule has 3 aromatic heterocycles. The fraction of sp³-hybridized carbons (Fsp3) is 0.0769. The maximum absolute atomic E-state index is 14.1. The number of para-hydroxylation sites is 1. The molecule has 0 spiro atoms. The van der Waals surface area contributed by atoms with E-state index in [2.05, 4.69) is 20.3 Å². The Labute approximate surface area is 205 Å². The average Bonchev–Trinajstić information content (AvgIpc) is 2.89. The Bertz CT molecular complexity index is 1690. The van der Waals surface area contributed by atoms with Crippen molar-refractivity contribution < 1.29 is 5.11 Å². The van der Waals surface area contributed by atoms with Gasteiger partial charge in [-0.15, -0.1) is 0 Å². The highest BCUT2D eigenvalue weighted by atomic mass is 16.3. The number of aromatic nitrogens is 5. The number of benzene rings is 2. The number of rotatable bonds is 5. The van der Waals surface area contributed by atoms with Crippen LogP contribution >= 0.6 is 0 Å². The maximum atomic E-state index is 14.1. The van der Waals surface area contributed by atoms with Crippen molar-refractivity contribution in [2.45, 2.75) is 13.0 Å². The Morgan fingerprint density at radius 2 is 1.89 bits per heavy atom. The van der Waals surface area contributed by atoms with Crippen LogP contribution in [0.1, 0.15) is 24.4 Å². The van der Waals surface area contributed by atoms with Crippen LogP contribution < -0.4 is 16.6 Å². The van der Waals surface area contributed by atoms with Crippen LogP contribution in [-0.4, -0.2) is 29.6 Å². The highest BCUT2D eigenvalue weighted by Crippen LogP contribution is 2.29. The number of nitrogens with two attached hydrogens (primary N) is 1. The lowest BCUT2D eigenvalue weighted by Gasteiger charge is -2.21. The molecule has 0 radical (unpaired) electrons. The molecule has 4 N–H and O–H groups in total. The smallest absolute Gasteiger partial charge is 0.266 e. The topological polar surface area (TPSA) is 156 Å². The van der Waals surface area contributed by atoms with E-state index in [1.54, 1.807) is 30.5 Å². The summed E-state index contributed by atoms with van der Waals surface area (Å²) in [6.45, 7) is 1.81. The van der Waals surface area contributed by atoms with Crippen molar-refractivity contribution in [1.29, 1.82) is 5.26 Å². The number of pyridine rings is 1. The monoisotopic (exact) mass is 476 g/mol. The van der Waals surface area contributed by atoms with E-state index in [4.69, 9.17) is 10.7 Å². The Balaban J connectivity index is 1.75. The average molecular weight is 477 g/mol. The summed E-state index contributed by atoms with van der Waals surface area (Å²) >= 11 is 0. The fourth-order valence-electron chi connectivity index (χ4n) is 4.04. The summed E-state index contributed by atoms with van der Waals surface area (Å²) in [7, 11) is 0. The summed E-state index contributed by atoms with van der Waals surface area (Å²) in [5.41, 5.74) is 7.93. The molecule has 0 fully saturated rings. The molecule has 0 saturated carbocycles. The molecule has 176 valence electrons. The van der Waals surface area contributed by atoms with Gasteiger partial charge in [-0.25, -0.2) is 9.97 Å². The van der Waals surface area contributed by atoms with Gasteiger partial charge in [0.15, 0.2) is 0 Å². The van der Waals surface area contributed by atoms with Crippen LogP contribution in [-0.2, 0) is 0 Å². The highest BCUT2D eigenvalue weighted by molar-refractivity contribution is 5.94. The molecule has 1 atom stereocenters. The van der Waals surface area contributed by atoms with Gasteiger partial charge >= 0.3 is 0 Å². The number of aromatic hydroxyl groups is 1. The first-order valence-corrected chi connectivity index (χ1v) is 11.0. The summed E-state index contributed by atoms with van der Waals surface area (Å²) in [4.78, 5) is 31.0. The first kappa shape index (κ1) is 22.5. The number of nitrogens with one attached hydrogen (secondary N) is 1. The van der Waals surface area contributed by atoms with Crippen LogP contribution in [0.4, 0.5) is 11.8 Å². The van der Waals surface area contributed by atoms with Crippen molar-refractivity contribution in [2.75, 3.05) is 11.1 Å². The van der Waals surface area contributed by atoms with E-state index in [1.165, 1.54) is 17.0 Å². The molecule has 36 heavy (non-hydrogen) atoms. The minimum Gasteiger partial charge on any atom is -0.506 e. The van der Waals surface area contributed by atoms with Crippen LogP contribution in [0.15, 0.2) is 78.0 Å². The number of nitriles is 1. The van der Waals surface area contributed by atoms with Crippen molar-refractivity contribution in [1.82, 2.24) is 24.5 Å². The van der Waals surface area contributed by atoms with Gasteiger partial charge < -0.3 is 16.2 Å².